The minimum absolute atomic E-state index is 0.0183. The van der Waals surface area contributed by atoms with Crippen molar-refractivity contribution in [3.63, 3.8) is 0 Å². The van der Waals surface area contributed by atoms with Gasteiger partial charge in [0, 0.05) is 0 Å². The summed E-state index contributed by atoms with van der Waals surface area (Å²) in [5.41, 5.74) is 5.35. The molecule has 0 spiro atoms. The predicted molar refractivity (Wildman–Crippen MR) is 88.1 cm³/mol. The Morgan fingerprint density at radius 3 is 2.36 bits per heavy atom. The molecule has 2 heterocycles. The summed E-state index contributed by atoms with van der Waals surface area (Å²) in [5, 5.41) is 5.11. The number of hydrogen-bond acceptors (Lipinski definition) is 4. The number of nitrogens with zero attached hydrogens (tertiary/aromatic N) is 1. The van der Waals surface area contributed by atoms with Crippen LogP contribution in [0.4, 0.5) is 0 Å². The van der Waals surface area contributed by atoms with Gasteiger partial charge in [-0.1, -0.05) is 72.4 Å². The Hall–Kier alpha value is -2.08. The van der Waals surface area contributed by atoms with E-state index in [2.05, 4.69) is 10.7 Å². The maximum absolute atomic E-state index is 12.5. The molecule has 0 saturated carbocycles. The van der Waals surface area contributed by atoms with Gasteiger partial charge in [-0.15, -0.1) is 0 Å². The van der Waals surface area contributed by atoms with Gasteiger partial charge in [0.05, 0.1) is 4.91 Å². The van der Waals surface area contributed by atoms with E-state index in [0.717, 1.165) is 16.0 Å². The minimum atomic E-state index is -0.0623. The fourth-order valence-electron chi connectivity index (χ4n) is 2.62. The molecular formula is C17H15N3OS. The molecule has 0 aromatic heterocycles. The number of benzene rings is 2. The molecule has 4 rings (SSSR count). The summed E-state index contributed by atoms with van der Waals surface area (Å²) in [6.45, 7) is 0. The highest BCUT2D eigenvalue weighted by Gasteiger charge is 2.43. The van der Waals surface area contributed by atoms with Gasteiger partial charge in [0.15, 0.2) is 5.50 Å². The molecule has 2 aromatic rings. The van der Waals surface area contributed by atoms with Crippen molar-refractivity contribution >= 4 is 23.7 Å². The third-order valence-electron chi connectivity index (χ3n) is 3.71. The van der Waals surface area contributed by atoms with Crippen LogP contribution >= 0.6 is 11.8 Å². The van der Waals surface area contributed by atoms with Crippen molar-refractivity contribution in [2.24, 2.45) is 0 Å². The number of carbonyl (C=O) groups is 1. The second-order valence-corrected chi connectivity index (χ2v) is 6.33. The number of hydrogen-bond donors (Lipinski definition) is 2. The lowest BCUT2D eigenvalue weighted by molar-refractivity contribution is -0.127. The van der Waals surface area contributed by atoms with E-state index >= 15 is 0 Å². The number of nitrogens with one attached hydrogen (secondary N) is 2. The van der Waals surface area contributed by atoms with E-state index in [1.165, 1.54) is 0 Å². The molecule has 22 heavy (non-hydrogen) atoms. The summed E-state index contributed by atoms with van der Waals surface area (Å²) < 4.78 is 0. The van der Waals surface area contributed by atoms with Crippen LogP contribution in [0.5, 0.6) is 0 Å². The number of rotatable bonds is 2. The van der Waals surface area contributed by atoms with Crippen molar-refractivity contribution < 1.29 is 4.79 Å². The Morgan fingerprint density at radius 2 is 1.68 bits per heavy atom. The monoisotopic (exact) mass is 309 g/mol. The van der Waals surface area contributed by atoms with Crippen LogP contribution in [0, 0.1) is 0 Å². The van der Waals surface area contributed by atoms with Crippen LogP contribution < -0.4 is 10.7 Å². The molecule has 2 saturated heterocycles. The lowest BCUT2D eigenvalue weighted by atomic mass is 10.2. The molecule has 0 radical (unpaired) electrons. The third kappa shape index (κ3) is 2.43. The largest absolute Gasteiger partial charge is 0.276 e. The van der Waals surface area contributed by atoms with E-state index in [1.54, 1.807) is 16.8 Å². The van der Waals surface area contributed by atoms with Crippen LogP contribution in [0.25, 0.3) is 6.08 Å². The van der Waals surface area contributed by atoms with Crippen molar-refractivity contribution in [1.82, 2.24) is 15.8 Å². The van der Waals surface area contributed by atoms with Crippen LogP contribution in [0.2, 0.25) is 0 Å². The van der Waals surface area contributed by atoms with Crippen LogP contribution in [-0.2, 0) is 4.79 Å². The number of carbonyl (C=O) groups excluding carboxylic acids is 1. The number of amides is 1. The Kier molecular flexibility index (Phi) is 3.46. The lowest BCUT2D eigenvalue weighted by Crippen LogP contribution is -2.37. The first-order valence-corrected chi connectivity index (χ1v) is 8.03. The van der Waals surface area contributed by atoms with Gasteiger partial charge in [0.1, 0.15) is 6.17 Å². The summed E-state index contributed by atoms with van der Waals surface area (Å²) >= 11 is 1.55. The topological polar surface area (TPSA) is 44.4 Å². The molecule has 2 N–H and O–H groups in total. The van der Waals surface area contributed by atoms with Crippen LogP contribution in [0.1, 0.15) is 17.3 Å². The SMILES string of the molecule is O=C1C(=Cc2ccccc2)SC2NC(c3ccccc3)NN12. The van der Waals surface area contributed by atoms with Gasteiger partial charge >= 0.3 is 0 Å². The van der Waals surface area contributed by atoms with E-state index in [9.17, 15) is 4.79 Å². The third-order valence-corrected chi connectivity index (χ3v) is 4.83. The first kappa shape index (κ1) is 13.6. The van der Waals surface area contributed by atoms with Crippen molar-refractivity contribution in [2.75, 3.05) is 0 Å². The van der Waals surface area contributed by atoms with Crippen LogP contribution in [0.15, 0.2) is 65.6 Å². The molecular weight excluding hydrogens is 294 g/mol. The van der Waals surface area contributed by atoms with Gasteiger partial charge in [0.25, 0.3) is 5.91 Å². The average Bonchev–Trinajstić information content (AvgIpc) is 3.10. The van der Waals surface area contributed by atoms with E-state index in [1.807, 2.05) is 66.7 Å². The summed E-state index contributed by atoms with van der Waals surface area (Å²) in [4.78, 5) is 13.3. The molecule has 2 unspecified atom stereocenters. The van der Waals surface area contributed by atoms with E-state index < -0.39 is 0 Å². The Labute approximate surface area is 133 Å². The van der Waals surface area contributed by atoms with Crippen molar-refractivity contribution in [3.05, 3.63) is 76.7 Å². The predicted octanol–water partition coefficient (Wildman–Crippen LogP) is 2.69. The van der Waals surface area contributed by atoms with Gasteiger partial charge in [-0.05, 0) is 17.2 Å². The average molecular weight is 309 g/mol. The second kappa shape index (κ2) is 5.61. The van der Waals surface area contributed by atoms with Gasteiger partial charge in [0.2, 0.25) is 0 Å². The van der Waals surface area contributed by atoms with Gasteiger partial charge in [-0.2, -0.15) is 0 Å². The maximum atomic E-state index is 12.5. The van der Waals surface area contributed by atoms with Gasteiger partial charge in [-0.3, -0.25) is 10.1 Å². The molecule has 2 aromatic carbocycles. The standard InChI is InChI=1S/C17H15N3OS/c21-16-14(11-12-7-3-1-4-8-12)22-17-18-15(19-20(16)17)13-9-5-2-6-10-13/h1-11,15,17-19H. The molecule has 2 aliphatic rings. The Morgan fingerprint density at radius 1 is 1.00 bits per heavy atom. The van der Waals surface area contributed by atoms with E-state index in [-0.39, 0.29) is 17.6 Å². The fraction of sp³-hybridized carbons (Fsp3) is 0.118. The zero-order valence-electron chi connectivity index (χ0n) is 11.8. The number of fused-ring (bicyclic) bond motifs is 1. The summed E-state index contributed by atoms with van der Waals surface area (Å²) in [5.74, 6) is 0.0183. The molecule has 2 aliphatic heterocycles. The minimum Gasteiger partial charge on any atom is -0.267 e. The van der Waals surface area contributed by atoms with Crippen molar-refractivity contribution in [3.8, 4) is 0 Å². The molecule has 4 nitrogen and oxygen atoms in total. The van der Waals surface area contributed by atoms with Gasteiger partial charge < -0.3 is 0 Å². The van der Waals surface area contributed by atoms with E-state index in [0.29, 0.717) is 0 Å². The first-order chi connectivity index (χ1) is 10.8. The van der Waals surface area contributed by atoms with Crippen molar-refractivity contribution in [2.45, 2.75) is 11.7 Å². The van der Waals surface area contributed by atoms with Crippen molar-refractivity contribution in [1.29, 1.82) is 0 Å². The quantitative estimate of drug-likeness (QED) is 0.837. The molecule has 0 aliphatic carbocycles. The molecule has 2 atom stereocenters. The Balaban J connectivity index is 1.52. The molecule has 0 bridgehead atoms. The normalized spacial score (nSPS) is 25.7. The second-order valence-electron chi connectivity index (χ2n) is 5.20. The number of thioether (sulfide) groups is 1. The maximum Gasteiger partial charge on any atom is 0.276 e. The first-order valence-electron chi connectivity index (χ1n) is 7.15. The molecule has 1 amide bonds. The zero-order chi connectivity index (χ0) is 14.9. The smallest absolute Gasteiger partial charge is 0.267 e. The van der Waals surface area contributed by atoms with E-state index in [4.69, 9.17) is 0 Å². The highest BCUT2D eigenvalue weighted by Crippen LogP contribution is 2.38. The fourth-order valence-corrected chi connectivity index (χ4v) is 3.72. The molecule has 110 valence electrons. The van der Waals surface area contributed by atoms with Crippen LogP contribution in [-0.4, -0.2) is 16.4 Å². The van der Waals surface area contributed by atoms with Gasteiger partial charge in [-0.25, -0.2) is 10.4 Å². The van der Waals surface area contributed by atoms with Crippen LogP contribution in [0.3, 0.4) is 0 Å². The molecule has 2 fully saturated rings. The lowest BCUT2D eigenvalue weighted by Gasteiger charge is -2.14. The molecule has 5 heteroatoms. The summed E-state index contributed by atoms with van der Waals surface area (Å²) in [6.07, 6.45) is 1.91. The summed E-state index contributed by atoms with van der Waals surface area (Å²) in [6, 6.07) is 20.0. The highest BCUT2D eigenvalue weighted by molar-refractivity contribution is 8.05. The zero-order valence-corrected chi connectivity index (χ0v) is 12.6. The number of hydrazine groups is 1. The Bertz CT molecular complexity index is 717. The summed E-state index contributed by atoms with van der Waals surface area (Å²) in [7, 11) is 0. The highest BCUT2D eigenvalue weighted by atomic mass is 32.2.